The molecule has 0 aliphatic carbocycles. The van der Waals surface area contributed by atoms with Gasteiger partial charge in [-0.25, -0.2) is 0 Å². The quantitative estimate of drug-likeness (QED) is 0.910. The molecule has 0 saturated carbocycles. The summed E-state index contributed by atoms with van der Waals surface area (Å²) in [7, 11) is 0. The Bertz CT molecular complexity index is 630. The lowest BCUT2D eigenvalue weighted by Crippen LogP contribution is -2.25. The zero-order valence-corrected chi connectivity index (χ0v) is 11.7. The van der Waals surface area contributed by atoms with E-state index in [1.807, 2.05) is 67.6 Å². The number of benzene rings is 2. The Morgan fingerprint density at radius 2 is 1.76 bits per heavy atom. The van der Waals surface area contributed by atoms with Crippen LogP contribution in [0.1, 0.15) is 24.9 Å². The molecule has 1 atom stereocenters. The number of amides is 1. The number of carbonyl (C=O) groups excluding carboxylic acids is 1. The van der Waals surface area contributed by atoms with E-state index in [1.54, 1.807) is 0 Å². The molecule has 21 heavy (non-hydrogen) atoms. The molecule has 4 nitrogen and oxygen atoms in total. The lowest BCUT2D eigenvalue weighted by Gasteiger charge is -2.14. The van der Waals surface area contributed by atoms with Crippen LogP contribution < -0.4 is 10.1 Å². The summed E-state index contributed by atoms with van der Waals surface area (Å²) in [6, 6.07) is 18.7. The predicted molar refractivity (Wildman–Crippen MR) is 79.7 cm³/mol. The Morgan fingerprint density at radius 3 is 2.38 bits per heavy atom. The van der Waals surface area contributed by atoms with E-state index in [4.69, 9.17) is 10.00 Å². The van der Waals surface area contributed by atoms with E-state index in [9.17, 15) is 4.79 Å². The van der Waals surface area contributed by atoms with Crippen molar-refractivity contribution >= 4 is 5.91 Å². The number of rotatable bonds is 5. The summed E-state index contributed by atoms with van der Waals surface area (Å²) in [5.41, 5.74) is 0.960. The van der Waals surface area contributed by atoms with Gasteiger partial charge in [-0.2, -0.15) is 5.26 Å². The van der Waals surface area contributed by atoms with E-state index in [2.05, 4.69) is 5.32 Å². The third kappa shape index (κ3) is 4.36. The maximum atomic E-state index is 11.4. The van der Waals surface area contributed by atoms with Crippen molar-refractivity contribution in [3.05, 3.63) is 60.2 Å². The lowest BCUT2D eigenvalue weighted by atomic mass is 10.1. The number of hydrogen-bond acceptors (Lipinski definition) is 3. The molecule has 1 N–H and O–H groups in total. The van der Waals surface area contributed by atoms with Crippen LogP contribution >= 0.6 is 0 Å². The van der Waals surface area contributed by atoms with Crippen molar-refractivity contribution in [1.29, 1.82) is 5.26 Å². The van der Waals surface area contributed by atoms with Crippen molar-refractivity contribution in [2.75, 3.05) is 0 Å². The molecule has 2 rings (SSSR count). The first-order valence-corrected chi connectivity index (χ1v) is 6.68. The van der Waals surface area contributed by atoms with Gasteiger partial charge in [0.1, 0.15) is 17.9 Å². The molecule has 0 aliphatic rings. The lowest BCUT2D eigenvalue weighted by molar-refractivity contribution is -0.120. The fourth-order valence-corrected chi connectivity index (χ4v) is 1.90. The molecular formula is C17H16N2O2. The second-order valence-electron chi connectivity index (χ2n) is 4.61. The van der Waals surface area contributed by atoms with Crippen LogP contribution in [0.15, 0.2) is 54.6 Å². The second kappa shape index (κ2) is 7.11. The maximum Gasteiger partial charge on any atom is 0.234 e. The number of nitrogens with zero attached hydrogens (tertiary/aromatic N) is 1. The van der Waals surface area contributed by atoms with Gasteiger partial charge >= 0.3 is 0 Å². The summed E-state index contributed by atoms with van der Waals surface area (Å²) >= 11 is 0. The molecule has 2 aromatic carbocycles. The van der Waals surface area contributed by atoms with E-state index in [-0.39, 0.29) is 18.4 Å². The van der Waals surface area contributed by atoms with E-state index in [1.165, 1.54) is 0 Å². The normalized spacial score (nSPS) is 11.2. The largest absolute Gasteiger partial charge is 0.457 e. The monoisotopic (exact) mass is 280 g/mol. The number of nitriles is 1. The standard InChI is InChI=1S/C17H16N2O2/c1-13(19-17(20)11-12-18)14-7-9-16(10-8-14)21-15-5-3-2-4-6-15/h2-10,13H,11H2,1H3,(H,19,20)/t13-/m0/s1. The summed E-state index contributed by atoms with van der Waals surface area (Å²) in [6.07, 6.45) is -0.125. The second-order valence-corrected chi connectivity index (χ2v) is 4.61. The molecule has 0 heterocycles. The molecule has 106 valence electrons. The minimum atomic E-state index is -0.269. The van der Waals surface area contributed by atoms with E-state index < -0.39 is 0 Å². The highest BCUT2D eigenvalue weighted by Crippen LogP contribution is 2.23. The van der Waals surface area contributed by atoms with Crippen LogP contribution in [0, 0.1) is 11.3 Å². The van der Waals surface area contributed by atoms with Crippen LogP contribution in [0.5, 0.6) is 11.5 Å². The molecule has 0 fully saturated rings. The van der Waals surface area contributed by atoms with Gasteiger partial charge in [-0.3, -0.25) is 4.79 Å². The molecule has 0 saturated heterocycles. The third-order valence-corrected chi connectivity index (χ3v) is 2.98. The Labute approximate surface area is 124 Å². The average molecular weight is 280 g/mol. The van der Waals surface area contributed by atoms with Gasteiger partial charge in [-0.1, -0.05) is 30.3 Å². The zero-order chi connectivity index (χ0) is 15.1. The minimum Gasteiger partial charge on any atom is -0.457 e. The van der Waals surface area contributed by atoms with Gasteiger partial charge < -0.3 is 10.1 Å². The minimum absolute atomic E-state index is 0.125. The number of para-hydroxylation sites is 1. The van der Waals surface area contributed by atoms with Crippen molar-refractivity contribution in [3.63, 3.8) is 0 Å². The van der Waals surface area contributed by atoms with Gasteiger partial charge in [0.15, 0.2) is 0 Å². The number of ether oxygens (including phenoxy) is 1. The molecule has 1 amide bonds. The highest BCUT2D eigenvalue weighted by molar-refractivity contribution is 5.78. The van der Waals surface area contributed by atoms with Crippen molar-refractivity contribution in [2.24, 2.45) is 0 Å². The van der Waals surface area contributed by atoms with Crippen LogP contribution in [0.25, 0.3) is 0 Å². The summed E-state index contributed by atoms with van der Waals surface area (Å²) < 4.78 is 5.70. The first kappa shape index (κ1) is 14.6. The van der Waals surface area contributed by atoms with Gasteiger partial charge in [-0.15, -0.1) is 0 Å². The fourth-order valence-electron chi connectivity index (χ4n) is 1.90. The maximum absolute atomic E-state index is 11.4. The van der Waals surface area contributed by atoms with Gasteiger partial charge in [0.2, 0.25) is 5.91 Å². The zero-order valence-electron chi connectivity index (χ0n) is 11.7. The Hall–Kier alpha value is -2.80. The fraction of sp³-hybridized carbons (Fsp3) is 0.176. The van der Waals surface area contributed by atoms with Crippen LogP contribution in [0.4, 0.5) is 0 Å². The highest BCUT2D eigenvalue weighted by Gasteiger charge is 2.09. The number of hydrogen-bond donors (Lipinski definition) is 1. The SMILES string of the molecule is C[C@H](NC(=O)CC#N)c1ccc(Oc2ccccc2)cc1. The van der Waals surface area contributed by atoms with E-state index in [0.29, 0.717) is 0 Å². The Balaban J connectivity index is 1.98. The van der Waals surface area contributed by atoms with Gasteiger partial charge in [0.25, 0.3) is 0 Å². The molecule has 4 heteroatoms. The van der Waals surface area contributed by atoms with Crippen LogP contribution in [-0.4, -0.2) is 5.91 Å². The summed E-state index contributed by atoms with van der Waals surface area (Å²) in [6.45, 7) is 1.88. The molecule has 0 bridgehead atoms. The topological polar surface area (TPSA) is 62.1 Å². The molecular weight excluding hydrogens is 264 g/mol. The molecule has 2 aromatic rings. The van der Waals surface area contributed by atoms with Gasteiger partial charge in [0.05, 0.1) is 12.1 Å². The number of nitrogens with one attached hydrogen (secondary N) is 1. The van der Waals surface area contributed by atoms with Crippen molar-refractivity contribution < 1.29 is 9.53 Å². The van der Waals surface area contributed by atoms with Crippen molar-refractivity contribution in [1.82, 2.24) is 5.32 Å². The van der Waals surface area contributed by atoms with Crippen molar-refractivity contribution in [3.8, 4) is 17.6 Å². The third-order valence-electron chi connectivity index (χ3n) is 2.98. The molecule has 0 aliphatic heterocycles. The molecule has 0 aromatic heterocycles. The van der Waals surface area contributed by atoms with Gasteiger partial charge in [-0.05, 0) is 36.8 Å². The Kier molecular flexibility index (Phi) is 4.94. The smallest absolute Gasteiger partial charge is 0.234 e. The molecule has 0 unspecified atom stereocenters. The van der Waals surface area contributed by atoms with E-state index in [0.717, 1.165) is 17.1 Å². The van der Waals surface area contributed by atoms with Gasteiger partial charge in [0, 0.05) is 0 Å². The number of carbonyl (C=O) groups is 1. The van der Waals surface area contributed by atoms with Crippen molar-refractivity contribution in [2.45, 2.75) is 19.4 Å². The van der Waals surface area contributed by atoms with E-state index >= 15 is 0 Å². The predicted octanol–water partition coefficient (Wildman–Crippen LogP) is 3.57. The first-order chi connectivity index (χ1) is 10.2. The van der Waals surface area contributed by atoms with Crippen LogP contribution in [0.3, 0.4) is 0 Å². The van der Waals surface area contributed by atoms with Crippen LogP contribution in [0.2, 0.25) is 0 Å². The molecule has 0 radical (unpaired) electrons. The first-order valence-electron chi connectivity index (χ1n) is 6.68. The highest BCUT2D eigenvalue weighted by atomic mass is 16.5. The van der Waals surface area contributed by atoms with Crippen LogP contribution in [-0.2, 0) is 4.79 Å². The summed E-state index contributed by atoms with van der Waals surface area (Å²) in [4.78, 5) is 11.4. The molecule has 0 spiro atoms. The summed E-state index contributed by atoms with van der Waals surface area (Å²) in [5, 5.41) is 11.2. The Morgan fingerprint density at radius 1 is 1.14 bits per heavy atom. The average Bonchev–Trinajstić information content (AvgIpc) is 2.49. The summed E-state index contributed by atoms with van der Waals surface area (Å²) in [5.74, 6) is 1.25.